The van der Waals surface area contributed by atoms with Gasteiger partial charge in [0.25, 0.3) is 5.91 Å². The van der Waals surface area contributed by atoms with Crippen molar-refractivity contribution in [2.45, 2.75) is 6.18 Å². The number of urea groups is 1. The Bertz CT molecular complexity index is 1240. The van der Waals surface area contributed by atoms with Crippen LogP contribution in [0.3, 0.4) is 0 Å². The first kappa shape index (κ1) is 25.6. The molecule has 1 heterocycles. The van der Waals surface area contributed by atoms with Crippen LogP contribution in [0, 0.1) is 11.6 Å². The number of halogens is 8. The standard InChI is InChI=1S/C20H9Cl3F5N3O3/c21-10-5-9(29-19(33)30-18(32)16-13(24)2-1-3-14(16)25)6-11(22)15(10)17-12(23)4-8(7-31(17)34)20(26,27)28/h1-7,34H,(H,30,32,33). The molecular formula is C20H9Cl3F5N3O3. The molecule has 2 N–H and O–H groups in total. The Morgan fingerprint density at radius 2 is 1.53 bits per heavy atom. The predicted molar refractivity (Wildman–Crippen MR) is 113 cm³/mol. The Labute approximate surface area is 202 Å². The summed E-state index contributed by atoms with van der Waals surface area (Å²) in [4.78, 5) is 27.5. The van der Waals surface area contributed by atoms with E-state index in [4.69, 9.17) is 34.8 Å². The summed E-state index contributed by atoms with van der Waals surface area (Å²) in [7, 11) is 0. The van der Waals surface area contributed by atoms with E-state index in [9.17, 15) is 36.7 Å². The van der Waals surface area contributed by atoms with Gasteiger partial charge in [-0.1, -0.05) is 40.9 Å². The molecular weight excluding hydrogens is 532 g/mol. The Balaban J connectivity index is 1.88. The molecule has 3 amide bonds. The second-order valence-corrected chi connectivity index (χ2v) is 7.74. The number of imide groups is 1. The topological polar surface area (TPSA) is 82.0 Å². The maximum atomic E-state index is 13.7. The number of carbonyl (C=O) groups is 2. The molecule has 14 heteroatoms. The number of hydrogen-bond acceptors (Lipinski definition) is 4. The Morgan fingerprint density at radius 3 is 2.03 bits per heavy atom. The van der Waals surface area contributed by atoms with Crippen molar-refractivity contribution in [3.63, 3.8) is 0 Å². The van der Waals surface area contributed by atoms with Crippen LogP contribution in [-0.2, 0) is 0 Å². The van der Waals surface area contributed by atoms with Crippen LogP contribution >= 0.6 is 34.8 Å². The molecule has 0 aromatic heterocycles. The monoisotopic (exact) mass is 539 g/mol. The number of nitrogens with zero attached hydrogens (tertiary/aromatic N) is 2. The second-order valence-electron chi connectivity index (χ2n) is 6.52. The molecule has 3 rings (SSSR count). The van der Waals surface area contributed by atoms with E-state index >= 15 is 0 Å². The molecule has 1 aliphatic carbocycles. The van der Waals surface area contributed by atoms with E-state index < -0.39 is 45.9 Å². The maximum Gasteiger partial charge on any atom is 0.417 e. The van der Waals surface area contributed by atoms with Gasteiger partial charge < -0.3 is 0 Å². The van der Waals surface area contributed by atoms with Crippen molar-refractivity contribution < 1.29 is 36.7 Å². The third-order valence-electron chi connectivity index (χ3n) is 4.23. The van der Waals surface area contributed by atoms with Crippen LogP contribution in [0.2, 0.25) is 0 Å². The van der Waals surface area contributed by atoms with Crippen LogP contribution in [0.5, 0.6) is 0 Å². The summed E-state index contributed by atoms with van der Waals surface area (Å²) in [6, 6.07) is 1.34. The van der Waals surface area contributed by atoms with E-state index in [-0.39, 0.29) is 32.1 Å². The molecule has 0 bridgehead atoms. The minimum atomic E-state index is -4.79. The lowest BCUT2D eigenvalue weighted by Gasteiger charge is -2.26. The number of hydrogen-bond donors (Lipinski definition) is 2. The summed E-state index contributed by atoms with van der Waals surface area (Å²) in [5.41, 5.74) is -3.04. The number of benzene rings is 1. The van der Waals surface area contributed by atoms with Gasteiger partial charge in [-0.15, -0.1) is 0 Å². The Morgan fingerprint density at radius 1 is 0.971 bits per heavy atom. The molecule has 1 aliphatic heterocycles. The fraction of sp³-hybridized carbons (Fsp3) is 0.0500. The van der Waals surface area contributed by atoms with Gasteiger partial charge in [0.15, 0.2) is 0 Å². The highest BCUT2D eigenvalue weighted by Crippen LogP contribution is 2.41. The van der Waals surface area contributed by atoms with Crippen LogP contribution in [0.25, 0.3) is 0 Å². The normalized spacial score (nSPS) is 16.5. The molecule has 0 fully saturated rings. The van der Waals surface area contributed by atoms with Crippen molar-refractivity contribution in [3.8, 4) is 0 Å². The third-order valence-corrected chi connectivity index (χ3v) is 5.12. The smallest absolute Gasteiger partial charge is 0.284 e. The van der Waals surface area contributed by atoms with Gasteiger partial charge in [0.1, 0.15) is 17.2 Å². The van der Waals surface area contributed by atoms with Crippen LogP contribution in [0.15, 0.2) is 79.6 Å². The highest BCUT2D eigenvalue weighted by Gasteiger charge is 2.37. The number of nitrogens with one attached hydrogen (secondary N) is 1. The van der Waals surface area contributed by atoms with E-state index in [1.807, 2.05) is 0 Å². The summed E-state index contributed by atoms with van der Waals surface area (Å²) in [5, 5.41) is 10.7. The number of aliphatic imine (C=N–C) groups is 1. The fourth-order valence-electron chi connectivity index (χ4n) is 2.81. The first-order valence-electron chi connectivity index (χ1n) is 8.81. The number of hydroxylamine groups is 2. The first-order chi connectivity index (χ1) is 15.8. The van der Waals surface area contributed by atoms with Gasteiger partial charge in [-0.3, -0.25) is 15.3 Å². The Kier molecular flexibility index (Phi) is 7.32. The van der Waals surface area contributed by atoms with Crippen molar-refractivity contribution >= 4 is 52.5 Å². The number of rotatable bonds is 1. The molecule has 2 aliphatic rings. The van der Waals surface area contributed by atoms with Crippen molar-refractivity contribution in [1.29, 1.82) is 0 Å². The van der Waals surface area contributed by atoms with E-state index in [1.165, 1.54) is 0 Å². The molecule has 0 radical (unpaired) electrons. The third kappa shape index (κ3) is 5.39. The summed E-state index contributed by atoms with van der Waals surface area (Å²) >= 11 is 18.1. The van der Waals surface area contributed by atoms with E-state index in [0.717, 1.165) is 30.4 Å². The number of allylic oxidation sites excluding steroid dienone is 8. The van der Waals surface area contributed by atoms with Gasteiger partial charge in [0, 0.05) is 11.8 Å². The Hall–Kier alpha value is -2.99. The molecule has 0 atom stereocenters. The zero-order chi connectivity index (χ0) is 25.4. The van der Waals surface area contributed by atoms with Crippen molar-refractivity contribution in [2.24, 2.45) is 4.99 Å². The minimum absolute atomic E-state index is 0.0867. The van der Waals surface area contributed by atoms with E-state index in [2.05, 4.69) is 4.99 Å². The van der Waals surface area contributed by atoms with Crippen LogP contribution in [0.4, 0.5) is 26.7 Å². The number of alkyl halides is 3. The van der Waals surface area contributed by atoms with Gasteiger partial charge in [-0.25, -0.2) is 18.6 Å². The lowest BCUT2D eigenvalue weighted by Crippen LogP contribution is -2.30. The average molecular weight is 541 g/mol. The zero-order valence-electron chi connectivity index (χ0n) is 16.2. The van der Waals surface area contributed by atoms with Crippen molar-refractivity contribution in [1.82, 2.24) is 10.4 Å². The van der Waals surface area contributed by atoms with Gasteiger partial charge in [0.2, 0.25) is 0 Å². The summed E-state index contributed by atoms with van der Waals surface area (Å²) in [6.07, 6.45) is -1.82. The molecule has 0 spiro atoms. The summed E-state index contributed by atoms with van der Waals surface area (Å²) in [6.45, 7) is 0. The van der Waals surface area contributed by atoms with Gasteiger partial charge >= 0.3 is 12.2 Å². The number of carbonyl (C=O) groups excluding carboxylic acids is 2. The van der Waals surface area contributed by atoms with Crippen LogP contribution < -0.4 is 5.32 Å². The molecule has 0 unspecified atom stereocenters. The summed E-state index contributed by atoms with van der Waals surface area (Å²) < 4.78 is 66.1. The quantitative estimate of drug-likeness (QED) is 0.426. The predicted octanol–water partition coefficient (Wildman–Crippen LogP) is 6.04. The van der Waals surface area contributed by atoms with E-state index in [0.29, 0.717) is 12.3 Å². The molecule has 0 saturated carbocycles. The average Bonchev–Trinajstić information content (AvgIpc) is 2.68. The molecule has 178 valence electrons. The minimum Gasteiger partial charge on any atom is -0.284 e. The highest BCUT2D eigenvalue weighted by atomic mass is 35.5. The molecule has 1 aromatic carbocycles. The second kappa shape index (κ2) is 9.71. The van der Waals surface area contributed by atoms with E-state index in [1.54, 1.807) is 5.32 Å². The molecule has 0 saturated heterocycles. The first-order valence-corrected chi connectivity index (χ1v) is 9.95. The van der Waals surface area contributed by atoms with Gasteiger partial charge in [0.05, 0.1) is 32.1 Å². The van der Waals surface area contributed by atoms with Crippen molar-refractivity contribution in [2.75, 3.05) is 0 Å². The summed E-state index contributed by atoms with van der Waals surface area (Å²) in [5.74, 6) is -3.80. The molecule has 1 aromatic rings. The van der Waals surface area contributed by atoms with Crippen LogP contribution in [0.1, 0.15) is 10.4 Å². The maximum absolute atomic E-state index is 13.7. The SMILES string of the molecule is O=C(N=C1C=C(Cl)C(=C2C(Cl)=CC(C(F)(F)F)=CN2O)C(Cl)=C1)NC(=O)c1c(F)cccc1F. The molecule has 6 nitrogen and oxygen atoms in total. The van der Waals surface area contributed by atoms with Gasteiger partial charge in [-0.2, -0.15) is 18.2 Å². The van der Waals surface area contributed by atoms with Crippen molar-refractivity contribution in [3.05, 3.63) is 91.8 Å². The fourth-order valence-corrected chi connectivity index (χ4v) is 3.76. The lowest BCUT2D eigenvalue weighted by atomic mass is 10.0. The van der Waals surface area contributed by atoms with Crippen LogP contribution in [-0.4, -0.2) is 34.1 Å². The largest absolute Gasteiger partial charge is 0.417 e. The van der Waals surface area contributed by atoms with Gasteiger partial charge in [-0.05, 0) is 30.4 Å². The molecule has 34 heavy (non-hydrogen) atoms. The zero-order valence-corrected chi connectivity index (χ0v) is 18.5. The number of amides is 3. The lowest BCUT2D eigenvalue weighted by molar-refractivity contribution is -0.0940. The highest BCUT2D eigenvalue weighted by molar-refractivity contribution is 6.43.